The quantitative estimate of drug-likeness (QED) is 0.151. The standard InChI is InChI=1S/C27H23N2.C24H24N.C21H18NO.C21H18NS/c1-17-13-24-27(28(3)16-17)26-18(2)25-20(14-19-9-7-8-12-22(19)25)15-23(26)29(24)21-10-5-4-6-11-21;1-14-10-20-23(25(5)13-14)22-15(2)21-17(12-19(22)24(20,3)4)11-16-8-6-7-9-18(16)21;1-12-8-18-21(22(3)11-12)20-13(2)19-15(10-17(20)23-18)9-14-6-4-5-7-16(14)19;1-12-8-19-21(22(3)11-12)20-13(2)16-9-14-6-4-5-7-15(14)17(16)10-18(20)23-19/h4-13,15-16H,14H2,1-3H3;6-10,12-13H,11H2,1-5H3;2*4-8,10-11H,9H2,1-3H3/q4*+1/i;;;1D3. The van der Waals surface area contributed by atoms with Crippen LogP contribution in [0.15, 0.2) is 205 Å². The third-order valence-electron chi connectivity index (χ3n) is 22.8. The van der Waals surface area contributed by atoms with E-state index in [-0.39, 0.29) is 5.41 Å². The molecule has 6 nitrogen and oxygen atoms in total. The summed E-state index contributed by atoms with van der Waals surface area (Å²) in [6.45, 7) is 18.2. The molecule has 21 rings (SSSR count). The Bertz CT molecular complexity index is 6400. The third-order valence-corrected chi connectivity index (χ3v) is 23.9. The van der Waals surface area contributed by atoms with Crippen LogP contribution in [0, 0.1) is 55.3 Å². The number of rotatable bonds is 1. The molecule has 100 heavy (non-hydrogen) atoms. The number of hydrogen-bond donors (Lipinski definition) is 0. The van der Waals surface area contributed by atoms with Gasteiger partial charge in [0, 0.05) is 47.7 Å². The predicted molar refractivity (Wildman–Crippen MR) is 413 cm³/mol. The van der Waals surface area contributed by atoms with Gasteiger partial charge in [-0.3, -0.25) is 0 Å². The zero-order valence-corrected chi connectivity index (χ0v) is 60.3. The fourth-order valence-corrected chi connectivity index (χ4v) is 20.0. The zero-order chi connectivity index (χ0) is 71.1. The van der Waals surface area contributed by atoms with Gasteiger partial charge in [-0.15, -0.1) is 11.3 Å². The Kier molecular flexibility index (Phi) is 13.3. The first-order valence-corrected chi connectivity index (χ1v) is 36.1. The summed E-state index contributed by atoms with van der Waals surface area (Å²) in [5.74, 6) is 0. The molecule has 0 saturated carbocycles. The monoisotopic (exact) mass is 1320 g/mol. The minimum atomic E-state index is -2.09. The summed E-state index contributed by atoms with van der Waals surface area (Å²) in [6, 6.07) is 64.0. The first kappa shape index (κ1) is 58.4. The highest BCUT2D eigenvalue weighted by Gasteiger charge is 2.44. The second kappa shape index (κ2) is 22.7. The maximum atomic E-state index is 7.73. The van der Waals surface area contributed by atoms with Gasteiger partial charge in [-0.1, -0.05) is 135 Å². The Morgan fingerprint density at radius 2 is 0.910 bits per heavy atom. The number of furan rings is 1. The molecule has 9 aromatic carbocycles. The fourth-order valence-electron chi connectivity index (χ4n) is 18.7. The molecule has 5 aliphatic rings. The number of aromatic nitrogens is 5. The lowest BCUT2D eigenvalue weighted by atomic mass is 9.80. The molecule has 0 radical (unpaired) electrons. The maximum Gasteiger partial charge on any atom is 0.259 e. The van der Waals surface area contributed by atoms with Crippen molar-refractivity contribution in [3.63, 3.8) is 0 Å². The highest BCUT2D eigenvalue weighted by Crippen LogP contribution is 2.54. The molecule has 0 unspecified atom stereocenters. The largest absolute Gasteiger partial charge is 0.449 e. The SMILES string of the molecule is Cc1cc2c([n+](C)c1)-c1c(cc3c(c1C)-c1ccccc1C3)C2(C)C.Cc1cc2c(c3c(C)c4c(cc3n2-c2ccccc2)Cc2ccccc2-4)[n+](C)c1.Cc1cc2oc3cc4c(c(C)c3c2[n+](C)c1)-c1ccccc1C4.[2H]C([2H])([2H])c1cc2sc3cc4c(c(C)c3c2[n+](C)c1)Cc1ccccc1-4. The van der Waals surface area contributed by atoms with Crippen LogP contribution in [0.4, 0.5) is 0 Å². The number of benzene rings is 9. The van der Waals surface area contributed by atoms with Crippen molar-refractivity contribution < 1.29 is 26.8 Å². The second-order valence-electron chi connectivity index (χ2n) is 29.7. The van der Waals surface area contributed by atoms with Crippen molar-refractivity contribution in [2.75, 3.05) is 0 Å². The number of hydrogen-bond acceptors (Lipinski definition) is 2. The Labute approximate surface area is 594 Å². The molecular weight excluding hydrogens is 1240 g/mol. The average Bonchev–Trinajstić information content (AvgIpc) is 1.56. The normalized spacial score (nSPS) is 14.0. The third kappa shape index (κ3) is 9.26. The Balaban J connectivity index is 0.0000000984. The van der Waals surface area contributed by atoms with E-state index in [0.717, 1.165) is 47.1 Å². The number of nitrogens with zero attached hydrogens (tertiary/aromatic N) is 5. The summed E-state index contributed by atoms with van der Waals surface area (Å²) in [4.78, 5) is 0. The van der Waals surface area contributed by atoms with E-state index in [0.29, 0.717) is 5.56 Å². The van der Waals surface area contributed by atoms with Crippen LogP contribution in [0.3, 0.4) is 0 Å². The Morgan fingerprint density at radius 1 is 0.390 bits per heavy atom. The predicted octanol–water partition coefficient (Wildman–Crippen LogP) is 20.5. The number of aryl methyl sites for hydroxylation is 11. The molecular formula is C93H83N5OS+4. The van der Waals surface area contributed by atoms with Crippen LogP contribution >= 0.6 is 11.3 Å². The molecule has 5 aliphatic carbocycles. The van der Waals surface area contributed by atoms with E-state index in [2.05, 4.69) is 290 Å². The molecule has 7 aromatic heterocycles. The van der Waals surface area contributed by atoms with Crippen LogP contribution < -0.4 is 18.3 Å². The molecule has 0 fully saturated rings. The van der Waals surface area contributed by atoms with Gasteiger partial charge in [-0.25, -0.2) is 4.57 Å². The molecule has 7 heteroatoms. The zero-order valence-electron chi connectivity index (χ0n) is 62.4. The van der Waals surface area contributed by atoms with Crippen LogP contribution in [0.25, 0.3) is 126 Å². The van der Waals surface area contributed by atoms with Gasteiger partial charge < -0.3 is 8.98 Å². The van der Waals surface area contributed by atoms with Crippen molar-refractivity contribution in [3.8, 4) is 61.5 Å². The van der Waals surface area contributed by atoms with Crippen LogP contribution in [0.5, 0.6) is 0 Å². The number of para-hydroxylation sites is 1. The van der Waals surface area contributed by atoms with Crippen LogP contribution in [0.1, 0.15) is 118 Å². The number of fused-ring (bicyclic) bond motifs is 24. The highest BCUT2D eigenvalue weighted by atomic mass is 32.1. The molecule has 16 aromatic rings. The van der Waals surface area contributed by atoms with E-state index in [4.69, 9.17) is 8.53 Å². The van der Waals surface area contributed by atoms with Crippen LogP contribution in [-0.2, 0) is 59.3 Å². The first-order valence-electron chi connectivity index (χ1n) is 36.8. The summed E-state index contributed by atoms with van der Waals surface area (Å²) >= 11 is 1.69. The molecule has 0 bridgehead atoms. The van der Waals surface area contributed by atoms with Crippen molar-refractivity contribution in [1.82, 2.24) is 4.57 Å². The van der Waals surface area contributed by atoms with Crippen LogP contribution in [0.2, 0.25) is 0 Å². The van der Waals surface area contributed by atoms with Gasteiger partial charge in [-0.2, -0.15) is 13.7 Å². The van der Waals surface area contributed by atoms with E-state index in [1.165, 1.54) is 199 Å². The van der Waals surface area contributed by atoms with Crippen molar-refractivity contribution in [2.45, 2.75) is 100 Å². The van der Waals surface area contributed by atoms with Crippen molar-refractivity contribution in [3.05, 3.63) is 301 Å². The molecule has 0 spiro atoms. The van der Waals surface area contributed by atoms with Gasteiger partial charge in [0.25, 0.3) is 5.52 Å². The molecule has 0 aliphatic heterocycles. The summed E-state index contributed by atoms with van der Waals surface area (Å²) in [5, 5.41) is 3.87. The Morgan fingerprint density at radius 3 is 1.56 bits per heavy atom. The van der Waals surface area contributed by atoms with Crippen molar-refractivity contribution in [1.29, 1.82) is 0 Å². The fraction of sp³-hybridized carbons (Fsp3) is 0.204. The highest BCUT2D eigenvalue weighted by molar-refractivity contribution is 7.25. The first-order chi connectivity index (χ1) is 49.5. The topological polar surface area (TPSA) is 33.6 Å². The summed E-state index contributed by atoms with van der Waals surface area (Å²) in [7, 11) is 8.42. The second-order valence-corrected chi connectivity index (χ2v) is 30.8. The summed E-state index contributed by atoms with van der Waals surface area (Å²) in [5.41, 5.74) is 47.6. The van der Waals surface area contributed by atoms with E-state index in [1.807, 2.05) is 17.7 Å². The maximum absolute atomic E-state index is 7.73. The lowest BCUT2D eigenvalue weighted by Crippen LogP contribution is -2.32. The van der Waals surface area contributed by atoms with Crippen molar-refractivity contribution >= 4 is 75.6 Å². The van der Waals surface area contributed by atoms with E-state index in [1.54, 1.807) is 17.5 Å². The van der Waals surface area contributed by atoms with Gasteiger partial charge >= 0.3 is 0 Å². The van der Waals surface area contributed by atoms with Gasteiger partial charge in [-0.05, 0) is 252 Å². The number of thiophene rings is 1. The van der Waals surface area contributed by atoms with Gasteiger partial charge in [0.1, 0.15) is 44.0 Å². The summed E-state index contributed by atoms with van der Waals surface area (Å²) in [6.07, 6.45) is 12.5. The van der Waals surface area contributed by atoms with Crippen molar-refractivity contribution in [2.24, 2.45) is 28.2 Å². The molecule has 488 valence electrons. The van der Waals surface area contributed by atoms with Gasteiger partial charge in [0.2, 0.25) is 16.7 Å². The number of pyridine rings is 4. The molecule has 0 N–H and O–H groups in total. The lowest BCUT2D eigenvalue weighted by molar-refractivity contribution is -0.660. The molecule has 0 atom stereocenters. The van der Waals surface area contributed by atoms with E-state index >= 15 is 0 Å². The molecule has 0 amide bonds. The molecule has 7 heterocycles. The van der Waals surface area contributed by atoms with E-state index < -0.39 is 6.85 Å². The average molecular weight is 1320 g/mol. The smallest absolute Gasteiger partial charge is 0.259 e. The lowest BCUT2D eigenvalue weighted by Gasteiger charge is -2.21. The van der Waals surface area contributed by atoms with Crippen LogP contribution in [-0.4, -0.2) is 4.57 Å². The minimum absolute atomic E-state index is 0.0585. The van der Waals surface area contributed by atoms with Gasteiger partial charge in [0.05, 0.1) is 27.2 Å². The van der Waals surface area contributed by atoms with Gasteiger partial charge in [0.15, 0.2) is 30.4 Å². The molecule has 0 saturated heterocycles. The van der Waals surface area contributed by atoms with E-state index in [9.17, 15) is 0 Å². The minimum Gasteiger partial charge on any atom is -0.449 e. The summed E-state index contributed by atoms with van der Waals surface area (Å²) < 4.78 is 42.9. The Hall–Kier alpha value is -10.6.